The lowest BCUT2D eigenvalue weighted by Crippen LogP contribution is -2.19. The number of hydrogen-bond donors (Lipinski definition) is 1. The fourth-order valence-corrected chi connectivity index (χ4v) is 2.95. The summed E-state index contributed by atoms with van der Waals surface area (Å²) in [6, 6.07) is 5.61. The van der Waals surface area contributed by atoms with E-state index in [4.69, 9.17) is 20.8 Å². The van der Waals surface area contributed by atoms with Crippen LogP contribution in [0.5, 0.6) is 0 Å². The number of halogens is 1. The molecule has 2 unspecified atom stereocenters. The van der Waals surface area contributed by atoms with Crippen LogP contribution in [0, 0.1) is 0 Å². The molecule has 0 aliphatic carbocycles. The average molecular weight is 296 g/mol. The third kappa shape index (κ3) is 3.07. The van der Waals surface area contributed by atoms with E-state index >= 15 is 0 Å². The number of rotatable bonds is 4. The molecule has 1 aromatic heterocycles. The lowest BCUT2D eigenvalue weighted by atomic mass is 10.0. The molecule has 4 nitrogen and oxygen atoms in total. The molecule has 1 N–H and O–H groups in total. The molecular weight excluding hydrogens is 278 g/mol. The van der Waals surface area contributed by atoms with Crippen LogP contribution >= 0.6 is 11.6 Å². The van der Waals surface area contributed by atoms with Crippen molar-refractivity contribution in [3.63, 3.8) is 0 Å². The van der Waals surface area contributed by atoms with Crippen LogP contribution < -0.4 is 5.76 Å². The van der Waals surface area contributed by atoms with Crippen molar-refractivity contribution in [1.29, 1.82) is 0 Å². The van der Waals surface area contributed by atoms with Gasteiger partial charge in [-0.05, 0) is 49.8 Å². The van der Waals surface area contributed by atoms with Crippen LogP contribution in [0.25, 0.3) is 11.1 Å². The lowest BCUT2D eigenvalue weighted by molar-refractivity contribution is 0.0100. The van der Waals surface area contributed by atoms with Gasteiger partial charge in [-0.15, -0.1) is 11.6 Å². The largest absolute Gasteiger partial charge is 0.417 e. The van der Waals surface area contributed by atoms with Gasteiger partial charge < -0.3 is 9.15 Å². The molecule has 0 amide bonds. The zero-order chi connectivity index (χ0) is 13.9. The molecule has 2 aromatic rings. The van der Waals surface area contributed by atoms with Gasteiger partial charge in [-0.25, -0.2) is 4.79 Å². The van der Waals surface area contributed by atoms with Crippen LogP contribution in [-0.4, -0.2) is 17.7 Å². The zero-order valence-corrected chi connectivity index (χ0v) is 12.0. The van der Waals surface area contributed by atoms with E-state index in [1.165, 1.54) is 12.8 Å². The van der Waals surface area contributed by atoms with E-state index in [2.05, 4.69) is 4.98 Å². The first-order valence-corrected chi connectivity index (χ1v) is 7.54. The van der Waals surface area contributed by atoms with Gasteiger partial charge in [0, 0.05) is 6.61 Å². The van der Waals surface area contributed by atoms with E-state index in [9.17, 15) is 4.79 Å². The maximum atomic E-state index is 11.1. The van der Waals surface area contributed by atoms with E-state index in [0.29, 0.717) is 17.2 Å². The van der Waals surface area contributed by atoms with Crippen LogP contribution in [0.15, 0.2) is 27.4 Å². The van der Waals surface area contributed by atoms with Gasteiger partial charge in [-0.2, -0.15) is 0 Å². The first-order valence-electron chi connectivity index (χ1n) is 7.11. The normalized spacial score (nSPS) is 21.1. The molecule has 20 heavy (non-hydrogen) atoms. The average Bonchev–Trinajstić information content (AvgIpc) is 2.85. The van der Waals surface area contributed by atoms with Gasteiger partial charge in [0.05, 0.1) is 17.0 Å². The predicted molar refractivity (Wildman–Crippen MR) is 78.3 cm³/mol. The van der Waals surface area contributed by atoms with Crippen LogP contribution in [0.1, 0.15) is 43.0 Å². The quantitative estimate of drug-likeness (QED) is 0.874. The van der Waals surface area contributed by atoms with E-state index in [1.807, 2.05) is 18.2 Å². The number of aromatic nitrogens is 1. The van der Waals surface area contributed by atoms with Gasteiger partial charge >= 0.3 is 5.76 Å². The SMILES string of the molecule is O=c1[nH]c2ccc(C(Cl)CCC3CCCCO3)cc2o1. The van der Waals surface area contributed by atoms with E-state index in [0.717, 1.165) is 31.4 Å². The Balaban J connectivity index is 1.65. The molecule has 2 heterocycles. The Kier molecular flexibility index (Phi) is 4.13. The first kappa shape index (κ1) is 13.7. The number of ether oxygens (including phenoxy) is 1. The number of alkyl halides is 1. The summed E-state index contributed by atoms with van der Waals surface area (Å²) in [5.41, 5.74) is 2.25. The molecule has 1 aromatic carbocycles. The lowest BCUT2D eigenvalue weighted by Gasteiger charge is -2.23. The molecule has 1 saturated heterocycles. The minimum Gasteiger partial charge on any atom is -0.408 e. The smallest absolute Gasteiger partial charge is 0.408 e. The molecule has 2 atom stereocenters. The minimum atomic E-state index is -0.432. The Morgan fingerprint density at radius 1 is 1.40 bits per heavy atom. The molecule has 5 heteroatoms. The van der Waals surface area contributed by atoms with Gasteiger partial charge in [0.15, 0.2) is 5.58 Å². The molecule has 1 aliphatic heterocycles. The Bertz CT molecular complexity index is 627. The fourth-order valence-electron chi connectivity index (χ4n) is 2.69. The maximum absolute atomic E-state index is 11.1. The second-order valence-electron chi connectivity index (χ2n) is 5.30. The van der Waals surface area contributed by atoms with Gasteiger partial charge in [0.25, 0.3) is 0 Å². The summed E-state index contributed by atoms with van der Waals surface area (Å²) in [7, 11) is 0. The highest BCUT2D eigenvalue weighted by atomic mass is 35.5. The Morgan fingerprint density at radius 3 is 3.10 bits per heavy atom. The number of fused-ring (bicyclic) bond motifs is 1. The first-order chi connectivity index (χ1) is 9.72. The molecule has 0 bridgehead atoms. The van der Waals surface area contributed by atoms with Gasteiger partial charge in [-0.1, -0.05) is 6.07 Å². The van der Waals surface area contributed by atoms with E-state index in [-0.39, 0.29) is 5.38 Å². The van der Waals surface area contributed by atoms with E-state index < -0.39 is 5.76 Å². The van der Waals surface area contributed by atoms with Gasteiger partial charge in [0.2, 0.25) is 0 Å². The molecule has 1 fully saturated rings. The Morgan fingerprint density at radius 2 is 2.30 bits per heavy atom. The number of nitrogens with one attached hydrogen (secondary N) is 1. The van der Waals surface area contributed by atoms with E-state index in [1.54, 1.807) is 0 Å². The third-order valence-corrected chi connectivity index (χ3v) is 4.29. The Hall–Kier alpha value is -1.26. The van der Waals surface area contributed by atoms with Crippen molar-refractivity contribution >= 4 is 22.7 Å². The highest BCUT2D eigenvalue weighted by molar-refractivity contribution is 6.20. The number of aromatic amines is 1. The van der Waals surface area contributed by atoms with Crippen LogP contribution in [0.3, 0.4) is 0 Å². The monoisotopic (exact) mass is 295 g/mol. The number of H-pyrrole nitrogens is 1. The topological polar surface area (TPSA) is 55.2 Å². The molecule has 1 aliphatic rings. The number of hydrogen-bond acceptors (Lipinski definition) is 3. The van der Waals surface area contributed by atoms with Crippen LogP contribution in [0.2, 0.25) is 0 Å². The standard InChI is InChI=1S/C15H18ClNO3/c16-12(6-5-11-3-1-2-8-19-11)10-4-7-13-14(9-10)20-15(18)17-13/h4,7,9,11-12H,1-3,5-6,8H2,(H,17,18). The summed E-state index contributed by atoms with van der Waals surface area (Å²) in [5, 5.41) is -0.0786. The number of benzene rings is 1. The van der Waals surface area contributed by atoms with Gasteiger partial charge in [-0.3, -0.25) is 4.98 Å². The summed E-state index contributed by atoms with van der Waals surface area (Å²) in [4.78, 5) is 13.8. The highest BCUT2D eigenvalue weighted by Crippen LogP contribution is 2.30. The third-order valence-electron chi connectivity index (χ3n) is 3.82. The van der Waals surface area contributed by atoms with Crippen molar-refractivity contribution in [3.8, 4) is 0 Å². The maximum Gasteiger partial charge on any atom is 0.417 e. The molecular formula is C15H18ClNO3. The van der Waals surface area contributed by atoms with Crippen LogP contribution in [-0.2, 0) is 4.74 Å². The van der Waals surface area contributed by atoms with Crippen molar-refractivity contribution in [3.05, 3.63) is 34.3 Å². The number of oxazole rings is 1. The summed E-state index contributed by atoms with van der Waals surface area (Å²) in [6.45, 7) is 0.873. The van der Waals surface area contributed by atoms with Crippen molar-refractivity contribution < 1.29 is 9.15 Å². The summed E-state index contributed by atoms with van der Waals surface area (Å²) in [5.74, 6) is -0.432. The molecule has 0 spiro atoms. The molecule has 0 radical (unpaired) electrons. The van der Waals surface area contributed by atoms with Crippen molar-refractivity contribution in [1.82, 2.24) is 4.98 Å². The van der Waals surface area contributed by atoms with Crippen molar-refractivity contribution in [2.45, 2.75) is 43.6 Å². The second kappa shape index (κ2) is 6.02. The molecule has 3 rings (SSSR count). The van der Waals surface area contributed by atoms with Crippen molar-refractivity contribution in [2.24, 2.45) is 0 Å². The Labute approximate surface area is 122 Å². The molecule has 0 saturated carbocycles. The predicted octanol–water partition coefficient (Wildman–Crippen LogP) is 3.75. The second-order valence-corrected chi connectivity index (χ2v) is 5.83. The minimum absolute atomic E-state index is 0.0786. The summed E-state index contributed by atoms with van der Waals surface area (Å²) in [6.07, 6.45) is 5.74. The summed E-state index contributed by atoms with van der Waals surface area (Å²) < 4.78 is 10.8. The van der Waals surface area contributed by atoms with Crippen LogP contribution in [0.4, 0.5) is 0 Å². The van der Waals surface area contributed by atoms with Gasteiger partial charge in [0.1, 0.15) is 0 Å². The summed E-state index contributed by atoms with van der Waals surface area (Å²) >= 11 is 6.45. The fraction of sp³-hybridized carbons (Fsp3) is 0.533. The molecule has 108 valence electrons. The zero-order valence-electron chi connectivity index (χ0n) is 11.2. The highest BCUT2D eigenvalue weighted by Gasteiger charge is 2.17. The van der Waals surface area contributed by atoms with Crippen molar-refractivity contribution in [2.75, 3.05) is 6.61 Å².